The van der Waals surface area contributed by atoms with Crippen molar-refractivity contribution in [3.63, 3.8) is 0 Å². The Kier molecular flexibility index (Phi) is 6.77. The van der Waals surface area contributed by atoms with Crippen molar-refractivity contribution in [2.45, 2.75) is 40.7 Å². The van der Waals surface area contributed by atoms with Crippen LogP contribution in [0.1, 0.15) is 36.0 Å². The Balaban J connectivity index is 1.37. The van der Waals surface area contributed by atoms with Gasteiger partial charge in [0.25, 0.3) is 5.91 Å². The van der Waals surface area contributed by atoms with E-state index in [1.165, 1.54) is 47.0 Å². The number of nitrogens with zero attached hydrogens (tertiary/aromatic N) is 1. The Morgan fingerprint density at radius 2 is 1.60 bits per heavy atom. The number of amides is 1. The summed E-state index contributed by atoms with van der Waals surface area (Å²) in [5.41, 5.74) is 1.14. The molecule has 2 fully saturated rings. The Morgan fingerprint density at radius 3 is 2.23 bits per heavy atom. The summed E-state index contributed by atoms with van der Waals surface area (Å²) in [5, 5.41) is 3.58. The van der Waals surface area contributed by atoms with Gasteiger partial charge in [-0.1, -0.05) is 12.8 Å². The number of rotatable bonds is 6. The molecule has 0 unspecified atom stereocenters. The van der Waals surface area contributed by atoms with E-state index in [0.717, 1.165) is 5.69 Å². The summed E-state index contributed by atoms with van der Waals surface area (Å²) < 4.78 is 32.0. The second-order valence-electron chi connectivity index (χ2n) is 7.54. The molecule has 1 saturated heterocycles. The molecule has 4 rings (SSSR count). The summed E-state index contributed by atoms with van der Waals surface area (Å²) in [6.07, 6.45) is 5.19. The molecule has 2 aromatic rings. The van der Waals surface area contributed by atoms with Gasteiger partial charge in [0.1, 0.15) is 0 Å². The number of hydrogen-bond acceptors (Lipinski definition) is 5. The van der Waals surface area contributed by atoms with Gasteiger partial charge in [-0.25, -0.2) is 8.42 Å². The van der Waals surface area contributed by atoms with Gasteiger partial charge in [-0.05, 0) is 61.4 Å². The van der Waals surface area contributed by atoms with Gasteiger partial charge < -0.3 is 10.1 Å². The normalized spacial score (nSPS) is 18.4. The van der Waals surface area contributed by atoms with E-state index in [2.05, 4.69) is 5.32 Å². The summed E-state index contributed by atoms with van der Waals surface area (Å²) >= 11 is 1.91. The Labute approximate surface area is 182 Å². The monoisotopic (exact) mass is 446 g/mol. The van der Waals surface area contributed by atoms with Crippen LogP contribution in [0.4, 0.5) is 5.69 Å². The molecule has 1 saturated carbocycles. The molecule has 1 N–H and O–H groups in total. The lowest BCUT2D eigenvalue weighted by Gasteiger charge is -2.26. The van der Waals surface area contributed by atoms with E-state index >= 15 is 0 Å². The number of sulfonamides is 1. The maximum Gasteiger partial charge on any atom is 0.255 e. The van der Waals surface area contributed by atoms with Crippen molar-refractivity contribution in [2.75, 3.05) is 31.6 Å². The molecule has 0 aromatic heterocycles. The van der Waals surface area contributed by atoms with E-state index in [9.17, 15) is 13.2 Å². The van der Waals surface area contributed by atoms with Crippen molar-refractivity contribution in [1.82, 2.24) is 4.31 Å². The number of carbonyl (C=O) groups is 1. The minimum absolute atomic E-state index is 0.189. The molecular weight excluding hydrogens is 420 g/mol. The van der Waals surface area contributed by atoms with Crippen molar-refractivity contribution in [3.8, 4) is 0 Å². The van der Waals surface area contributed by atoms with Crippen molar-refractivity contribution in [1.29, 1.82) is 0 Å². The summed E-state index contributed by atoms with van der Waals surface area (Å²) in [6, 6.07) is 14.0. The van der Waals surface area contributed by atoms with Crippen LogP contribution in [0, 0.1) is 0 Å². The maximum absolute atomic E-state index is 12.7. The highest BCUT2D eigenvalue weighted by atomic mass is 32.2. The molecule has 2 aliphatic rings. The Hall–Kier alpha value is -1.87. The lowest BCUT2D eigenvalue weighted by Crippen LogP contribution is -2.40. The van der Waals surface area contributed by atoms with Gasteiger partial charge in [-0.2, -0.15) is 4.31 Å². The van der Waals surface area contributed by atoms with E-state index in [1.54, 1.807) is 12.1 Å². The highest BCUT2D eigenvalue weighted by Gasteiger charge is 2.26. The highest BCUT2D eigenvalue weighted by molar-refractivity contribution is 8.00. The van der Waals surface area contributed by atoms with Gasteiger partial charge in [-0.15, -0.1) is 11.8 Å². The molecule has 8 heteroatoms. The first-order chi connectivity index (χ1) is 14.5. The molecular formula is C22H26N2O4S2. The molecule has 1 heterocycles. The van der Waals surface area contributed by atoms with Crippen LogP contribution in [-0.4, -0.2) is 50.2 Å². The fraction of sp³-hybridized carbons (Fsp3) is 0.409. The Morgan fingerprint density at radius 1 is 0.967 bits per heavy atom. The van der Waals surface area contributed by atoms with Gasteiger partial charge in [0, 0.05) is 34.5 Å². The van der Waals surface area contributed by atoms with Crippen LogP contribution in [0.3, 0.4) is 0 Å². The number of thioether (sulfide) groups is 1. The lowest BCUT2D eigenvalue weighted by molar-refractivity contribution is 0.0730. The van der Waals surface area contributed by atoms with Crippen molar-refractivity contribution in [3.05, 3.63) is 54.1 Å². The summed E-state index contributed by atoms with van der Waals surface area (Å²) in [4.78, 5) is 14.0. The average molecular weight is 447 g/mol. The smallest absolute Gasteiger partial charge is 0.255 e. The van der Waals surface area contributed by atoms with Crippen molar-refractivity contribution < 1.29 is 17.9 Å². The highest BCUT2D eigenvalue weighted by Crippen LogP contribution is 2.35. The zero-order chi connectivity index (χ0) is 21.0. The SMILES string of the molecule is O=C(Nc1ccc(SC2CCCC2)cc1)c1ccc(S(=O)(=O)N2CCOCC2)cc1. The molecule has 0 atom stereocenters. The molecule has 0 radical (unpaired) electrons. The third kappa shape index (κ3) is 5.06. The number of benzene rings is 2. The van der Waals surface area contributed by atoms with E-state index < -0.39 is 10.0 Å². The molecule has 0 bridgehead atoms. The minimum atomic E-state index is -3.56. The van der Waals surface area contributed by atoms with E-state index in [1.807, 2.05) is 36.0 Å². The standard InChI is InChI=1S/C22H26N2O4S2/c25-22(23-18-7-9-20(10-8-18)29-19-3-1-2-4-19)17-5-11-21(12-6-17)30(26,27)24-13-15-28-16-14-24/h5-12,19H,1-4,13-16H2,(H,23,25). The molecule has 1 aliphatic heterocycles. The van der Waals surface area contributed by atoms with E-state index in [0.29, 0.717) is 37.1 Å². The third-order valence-electron chi connectivity index (χ3n) is 5.44. The van der Waals surface area contributed by atoms with Crippen LogP contribution < -0.4 is 5.32 Å². The van der Waals surface area contributed by atoms with Gasteiger partial charge in [0.2, 0.25) is 10.0 Å². The number of anilines is 1. The van der Waals surface area contributed by atoms with Crippen LogP contribution in [-0.2, 0) is 14.8 Å². The van der Waals surface area contributed by atoms with Gasteiger partial charge in [-0.3, -0.25) is 4.79 Å². The molecule has 1 aliphatic carbocycles. The average Bonchev–Trinajstić information content (AvgIpc) is 3.29. The first kappa shape index (κ1) is 21.4. The van der Waals surface area contributed by atoms with E-state index in [-0.39, 0.29) is 10.8 Å². The fourth-order valence-corrected chi connectivity index (χ4v) is 6.39. The van der Waals surface area contributed by atoms with Gasteiger partial charge >= 0.3 is 0 Å². The number of hydrogen-bond donors (Lipinski definition) is 1. The fourth-order valence-electron chi connectivity index (χ4n) is 3.73. The maximum atomic E-state index is 12.7. The molecule has 30 heavy (non-hydrogen) atoms. The minimum Gasteiger partial charge on any atom is -0.379 e. The third-order valence-corrected chi connectivity index (χ3v) is 8.70. The zero-order valence-corrected chi connectivity index (χ0v) is 18.4. The largest absolute Gasteiger partial charge is 0.379 e. The predicted molar refractivity (Wildman–Crippen MR) is 119 cm³/mol. The molecule has 160 valence electrons. The van der Waals surface area contributed by atoms with Crippen LogP contribution in [0.2, 0.25) is 0 Å². The van der Waals surface area contributed by atoms with Crippen LogP contribution in [0.25, 0.3) is 0 Å². The topological polar surface area (TPSA) is 75.7 Å². The number of ether oxygens (including phenoxy) is 1. The summed E-state index contributed by atoms with van der Waals surface area (Å²) in [5.74, 6) is -0.262. The van der Waals surface area contributed by atoms with Crippen LogP contribution in [0.5, 0.6) is 0 Å². The van der Waals surface area contributed by atoms with Gasteiger partial charge in [0.05, 0.1) is 18.1 Å². The quantitative estimate of drug-likeness (QED) is 0.726. The second kappa shape index (κ2) is 9.51. The number of nitrogens with one attached hydrogen (secondary N) is 1. The second-order valence-corrected chi connectivity index (χ2v) is 10.9. The van der Waals surface area contributed by atoms with Gasteiger partial charge in [0.15, 0.2) is 0 Å². The van der Waals surface area contributed by atoms with Crippen molar-refractivity contribution >= 4 is 33.4 Å². The van der Waals surface area contributed by atoms with Crippen LogP contribution in [0.15, 0.2) is 58.3 Å². The predicted octanol–water partition coefficient (Wildman–Crippen LogP) is 3.99. The number of carbonyl (C=O) groups excluding carboxylic acids is 1. The number of morpholine rings is 1. The molecule has 2 aromatic carbocycles. The zero-order valence-electron chi connectivity index (χ0n) is 16.7. The first-order valence-electron chi connectivity index (χ1n) is 10.3. The first-order valence-corrected chi connectivity index (χ1v) is 12.6. The molecule has 0 spiro atoms. The van der Waals surface area contributed by atoms with E-state index in [4.69, 9.17) is 4.74 Å². The van der Waals surface area contributed by atoms with Crippen molar-refractivity contribution in [2.24, 2.45) is 0 Å². The summed E-state index contributed by atoms with van der Waals surface area (Å²) in [6.45, 7) is 1.49. The summed E-state index contributed by atoms with van der Waals surface area (Å²) in [7, 11) is -3.56. The Bertz CT molecular complexity index is 963. The lowest BCUT2D eigenvalue weighted by atomic mass is 10.2. The molecule has 6 nitrogen and oxygen atoms in total. The molecule has 1 amide bonds. The van der Waals surface area contributed by atoms with Crippen LogP contribution >= 0.6 is 11.8 Å².